The van der Waals surface area contributed by atoms with Crippen LogP contribution in [0.25, 0.3) is 0 Å². The predicted octanol–water partition coefficient (Wildman–Crippen LogP) is 2.27. The van der Waals surface area contributed by atoms with Crippen molar-refractivity contribution in [2.75, 3.05) is 26.2 Å². The van der Waals surface area contributed by atoms with Crippen molar-refractivity contribution in [3.8, 4) is 0 Å². The molecule has 1 N–H and O–H groups in total. The summed E-state index contributed by atoms with van der Waals surface area (Å²) in [5.74, 6) is 0.874. The molecule has 1 fully saturated rings. The monoisotopic (exact) mass is 210 g/mol. The van der Waals surface area contributed by atoms with Gasteiger partial charge in [0.25, 0.3) is 0 Å². The van der Waals surface area contributed by atoms with Crippen LogP contribution >= 0.6 is 0 Å². The molecule has 0 atom stereocenters. The molecule has 1 aliphatic heterocycles. The Morgan fingerprint density at radius 2 is 2.00 bits per heavy atom. The largest absolute Gasteiger partial charge is 0.313 e. The molecule has 0 aromatic carbocycles. The first-order valence-corrected chi connectivity index (χ1v) is 6.18. The van der Waals surface area contributed by atoms with E-state index in [-0.39, 0.29) is 0 Å². The Morgan fingerprint density at radius 1 is 1.40 bits per heavy atom. The molecule has 0 aromatic rings. The van der Waals surface area contributed by atoms with Crippen LogP contribution in [-0.4, -0.2) is 37.1 Å². The van der Waals surface area contributed by atoms with Gasteiger partial charge < -0.3 is 10.2 Å². The van der Waals surface area contributed by atoms with E-state index in [4.69, 9.17) is 0 Å². The lowest BCUT2D eigenvalue weighted by atomic mass is 9.96. The summed E-state index contributed by atoms with van der Waals surface area (Å²) in [6, 6.07) is 0.717. The first-order valence-electron chi connectivity index (χ1n) is 6.18. The fourth-order valence-electron chi connectivity index (χ4n) is 2.16. The highest BCUT2D eigenvalue weighted by Crippen LogP contribution is 2.17. The molecule has 2 heteroatoms. The van der Waals surface area contributed by atoms with E-state index in [1.807, 2.05) is 0 Å². The van der Waals surface area contributed by atoms with E-state index in [9.17, 15) is 0 Å². The van der Waals surface area contributed by atoms with Crippen molar-refractivity contribution in [3.63, 3.8) is 0 Å². The highest BCUT2D eigenvalue weighted by Gasteiger charge is 2.20. The lowest BCUT2D eigenvalue weighted by Crippen LogP contribution is -2.40. The summed E-state index contributed by atoms with van der Waals surface area (Å²) >= 11 is 0. The van der Waals surface area contributed by atoms with E-state index in [1.54, 1.807) is 0 Å². The van der Waals surface area contributed by atoms with Crippen LogP contribution in [-0.2, 0) is 0 Å². The Morgan fingerprint density at radius 3 is 2.47 bits per heavy atom. The molecule has 0 bridgehead atoms. The molecule has 0 aliphatic carbocycles. The lowest BCUT2D eigenvalue weighted by molar-refractivity contribution is 0.149. The molecule has 0 radical (unpaired) electrons. The van der Waals surface area contributed by atoms with E-state index >= 15 is 0 Å². The van der Waals surface area contributed by atoms with Crippen molar-refractivity contribution in [3.05, 3.63) is 12.2 Å². The van der Waals surface area contributed by atoms with Gasteiger partial charge in [0.15, 0.2) is 0 Å². The third kappa shape index (κ3) is 4.80. The van der Waals surface area contributed by atoms with E-state index in [1.165, 1.54) is 38.0 Å². The minimum Gasteiger partial charge on any atom is -0.313 e. The standard InChI is InChI=1S/C13H26N2/c1-11(2)9-14-10-13-5-7-15(8-6-13)12(3)4/h12-14H,1,5-10H2,2-4H3. The molecule has 1 saturated heterocycles. The number of nitrogens with one attached hydrogen (secondary N) is 1. The van der Waals surface area contributed by atoms with Gasteiger partial charge in [-0.3, -0.25) is 0 Å². The molecule has 0 aromatic heterocycles. The number of piperidine rings is 1. The third-order valence-corrected chi connectivity index (χ3v) is 3.24. The first kappa shape index (κ1) is 12.7. The van der Waals surface area contributed by atoms with Crippen molar-refractivity contribution in [2.24, 2.45) is 5.92 Å². The number of nitrogens with zero attached hydrogens (tertiary/aromatic N) is 1. The van der Waals surface area contributed by atoms with Crippen molar-refractivity contribution in [1.29, 1.82) is 0 Å². The molecular weight excluding hydrogens is 184 g/mol. The summed E-state index contributed by atoms with van der Waals surface area (Å²) in [5, 5.41) is 3.48. The van der Waals surface area contributed by atoms with Gasteiger partial charge in [-0.2, -0.15) is 0 Å². The topological polar surface area (TPSA) is 15.3 Å². The van der Waals surface area contributed by atoms with E-state index in [2.05, 4.69) is 37.6 Å². The molecule has 1 aliphatic rings. The molecule has 88 valence electrons. The minimum atomic E-state index is 0.717. The van der Waals surface area contributed by atoms with Crippen molar-refractivity contribution < 1.29 is 0 Å². The molecule has 1 rings (SSSR count). The molecule has 15 heavy (non-hydrogen) atoms. The van der Waals surface area contributed by atoms with Crippen molar-refractivity contribution in [1.82, 2.24) is 10.2 Å². The molecule has 1 heterocycles. The first-order chi connectivity index (χ1) is 7.09. The van der Waals surface area contributed by atoms with Gasteiger partial charge in [-0.15, -0.1) is 0 Å². The Kier molecular flexibility index (Phi) is 5.34. The summed E-state index contributed by atoms with van der Waals surface area (Å²) in [7, 11) is 0. The van der Waals surface area contributed by atoms with Crippen LogP contribution < -0.4 is 5.32 Å². The van der Waals surface area contributed by atoms with Gasteiger partial charge in [0.1, 0.15) is 0 Å². The van der Waals surface area contributed by atoms with Gasteiger partial charge in [0, 0.05) is 12.6 Å². The van der Waals surface area contributed by atoms with Gasteiger partial charge in [-0.25, -0.2) is 0 Å². The maximum atomic E-state index is 3.90. The Labute approximate surface area is 94.7 Å². The lowest BCUT2D eigenvalue weighted by Gasteiger charge is -2.34. The van der Waals surface area contributed by atoms with Gasteiger partial charge in [-0.05, 0) is 59.2 Å². The fraction of sp³-hybridized carbons (Fsp3) is 0.846. The SMILES string of the molecule is C=C(C)CNCC1CCN(C(C)C)CC1. The maximum Gasteiger partial charge on any atom is 0.0159 e. The van der Waals surface area contributed by atoms with Crippen LogP contribution in [0.3, 0.4) is 0 Å². The number of hydrogen-bond acceptors (Lipinski definition) is 2. The molecule has 0 saturated carbocycles. The molecule has 0 unspecified atom stereocenters. The van der Waals surface area contributed by atoms with Crippen LogP contribution in [0.1, 0.15) is 33.6 Å². The van der Waals surface area contributed by atoms with E-state index in [0.29, 0.717) is 6.04 Å². The van der Waals surface area contributed by atoms with Crippen LogP contribution in [0.2, 0.25) is 0 Å². The predicted molar refractivity (Wildman–Crippen MR) is 67.1 cm³/mol. The zero-order valence-corrected chi connectivity index (χ0v) is 10.6. The number of hydrogen-bond donors (Lipinski definition) is 1. The summed E-state index contributed by atoms with van der Waals surface area (Å²) in [5.41, 5.74) is 1.23. The Balaban J connectivity index is 2.12. The Bertz CT molecular complexity index is 191. The average molecular weight is 210 g/mol. The van der Waals surface area contributed by atoms with Crippen LogP contribution in [0.5, 0.6) is 0 Å². The fourth-order valence-corrected chi connectivity index (χ4v) is 2.16. The Hall–Kier alpha value is -0.340. The summed E-state index contributed by atoms with van der Waals surface area (Å²) in [6.45, 7) is 15.3. The molecule has 0 amide bonds. The van der Waals surface area contributed by atoms with Gasteiger partial charge in [-0.1, -0.05) is 12.2 Å². The van der Waals surface area contributed by atoms with Crippen LogP contribution in [0, 0.1) is 5.92 Å². The summed E-state index contributed by atoms with van der Waals surface area (Å²) in [4.78, 5) is 2.58. The van der Waals surface area contributed by atoms with Gasteiger partial charge in [0.2, 0.25) is 0 Å². The van der Waals surface area contributed by atoms with Crippen LogP contribution in [0.4, 0.5) is 0 Å². The number of likely N-dealkylation sites (tertiary alicyclic amines) is 1. The van der Waals surface area contributed by atoms with E-state index < -0.39 is 0 Å². The highest BCUT2D eigenvalue weighted by atomic mass is 15.1. The maximum absolute atomic E-state index is 3.90. The average Bonchev–Trinajstić information content (AvgIpc) is 2.18. The van der Waals surface area contributed by atoms with E-state index in [0.717, 1.165) is 12.5 Å². The molecular formula is C13H26N2. The zero-order valence-electron chi connectivity index (χ0n) is 10.6. The normalized spacial score (nSPS) is 19.7. The minimum absolute atomic E-state index is 0.717. The summed E-state index contributed by atoms with van der Waals surface area (Å²) in [6.07, 6.45) is 2.70. The molecule has 0 spiro atoms. The van der Waals surface area contributed by atoms with Crippen LogP contribution in [0.15, 0.2) is 12.2 Å². The summed E-state index contributed by atoms with van der Waals surface area (Å²) < 4.78 is 0. The second-order valence-corrected chi connectivity index (χ2v) is 5.16. The molecule has 2 nitrogen and oxygen atoms in total. The third-order valence-electron chi connectivity index (χ3n) is 3.24. The second kappa shape index (κ2) is 6.29. The highest BCUT2D eigenvalue weighted by molar-refractivity contribution is 4.90. The second-order valence-electron chi connectivity index (χ2n) is 5.16. The quantitative estimate of drug-likeness (QED) is 0.700. The van der Waals surface area contributed by atoms with Gasteiger partial charge >= 0.3 is 0 Å². The van der Waals surface area contributed by atoms with Gasteiger partial charge in [0.05, 0.1) is 0 Å². The smallest absolute Gasteiger partial charge is 0.0159 e. The van der Waals surface area contributed by atoms with Crippen molar-refractivity contribution in [2.45, 2.75) is 39.7 Å². The zero-order chi connectivity index (χ0) is 11.3. The number of rotatable bonds is 5. The van der Waals surface area contributed by atoms with Crippen molar-refractivity contribution >= 4 is 0 Å².